The van der Waals surface area contributed by atoms with Gasteiger partial charge in [0.15, 0.2) is 0 Å². The third-order valence-corrected chi connectivity index (χ3v) is 1.85. The first-order chi connectivity index (χ1) is 4.77. The predicted octanol–water partition coefficient (Wildman–Crippen LogP) is 1.64. The molecule has 0 saturated carbocycles. The van der Waals surface area contributed by atoms with Gasteiger partial charge in [-0.1, -0.05) is 0 Å². The Labute approximate surface area is 66.7 Å². The number of nitrogens with zero attached hydrogens (tertiary/aromatic N) is 2. The van der Waals surface area contributed by atoms with Crippen LogP contribution >= 0.6 is 12.6 Å². The van der Waals surface area contributed by atoms with Crippen LogP contribution in [-0.2, 0) is 12.3 Å². The highest BCUT2D eigenvalue weighted by Gasteiger charge is 1.98. The number of rotatable bonds is 2. The van der Waals surface area contributed by atoms with E-state index in [0.29, 0.717) is 0 Å². The van der Waals surface area contributed by atoms with Gasteiger partial charge >= 0.3 is 0 Å². The molecule has 0 atom stereocenters. The van der Waals surface area contributed by atoms with E-state index in [2.05, 4.69) is 29.1 Å². The minimum Gasteiger partial charge on any atom is -0.335 e. The van der Waals surface area contributed by atoms with Gasteiger partial charge in [-0.3, -0.25) is 0 Å². The predicted molar refractivity (Wildman–Crippen MR) is 45.3 cm³/mol. The lowest BCUT2D eigenvalue weighted by Gasteiger charge is -1.95. The average Bonchev–Trinajstić information content (AvgIpc) is 2.30. The summed E-state index contributed by atoms with van der Waals surface area (Å²) in [5.41, 5.74) is 1.06. The lowest BCUT2D eigenvalue weighted by atomic mass is 10.5. The number of hydrogen-bond donors (Lipinski definition) is 1. The second-order valence-electron chi connectivity index (χ2n) is 2.22. The highest BCUT2D eigenvalue weighted by atomic mass is 32.1. The van der Waals surface area contributed by atoms with Crippen molar-refractivity contribution in [2.75, 3.05) is 0 Å². The van der Waals surface area contributed by atoms with Crippen molar-refractivity contribution in [3.05, 3.63) is 17.7 Å². The topological polar surface area (TPSA) is 17.8 Å². The summed E-state index contributed by atoms with van der Waals surface area (Å²) < 4.78 is 2.12. The molecule has 0 aromatic carbocycles. The van der Waals surface area contributed by atoms with E-state index < -0.39 is 0 Å². The van der Waals surface area contributed by atoms with E-state index in [1.165, 1.54) is 0 Å². The maximum Gasteiger partial charge on any atom is 0.105 e. The largest absolute Gasteiger partial charge is 0.335 e. The van der Waals surface area contributed by atoms with E-state index in [1.807, 2.05) is 13.1 Å². The van der Waals surface area contributed by atoms with Crippen molar-refractivity contribution < 1.29 is 0 Å². The van der Waals surface area contributed by atoms with Gasteiger partial charge in [-0.2, -0.15) is 12.6 Å². The van der Waals surface area contributed by atoms with Crippen molar-refractivity contribution in [1.29, 1.82) is 0 Å². The first-order valence-corrected chi connectivity index (χ1v) is 4.04. The van der Waals surface area contributed by atoms with E-state index in [-0.39, 0.29) is 0 Å². The molecule has 0 aliphatic rings. The maximum atomic E-state index is 4.29. The Hall–Kier alpha value is -0.440. The summed E-state index contributed by atoms with van der Waals surface area (Å²) in [6.45, 7) is 5.11. The Morgan fingerprint density at radius 2 is 2.40 bits per heavy atom. The van der Waals surface area contributed by atoms with Crippen LogP contribution in [0.5, 0.6) is 0 Å². The normalized spacial score (nSPS) is 10.3. The van der Waals surface area contributed by atoms with Crippen LogP contribution in [0.4, 0.5) is 0 Å². The molecule has 0 spiro atoms. The molecule has 1 aromatic rings. The van der Waals surface area contributed by atoms with Crippen molar-refractivity contribution in [3.8, 4) is 0 Å². The van der Waals surface area contributed by atoms with Gasteiger partial charge in [-0.25, -0.2) is 4.98 Å². The fourth-order valence-corrected chi connectivity index (χ4v) is 1.12. The van der Waals surface area contributed by atoms with Gasteiger partial charge in [0.25, 0.3) is 0 Å². The van der Waals surface area contributed by atoms with E-state index in [9.17, 15) is 0 Å². The van der Waals surface area contributed by atoms with Crippen LogP contribution in [0.1, 0.15) is 18.4 Å². The van der Waals surface area contributed by atoms with Gasteiger partial charge in [0.1, 0.15) is 5.82 Å². The summed E-state index contributed by atoms with van der Waals surface area (Å²) >= 11 is 4.13. The first kappa shape index (κ1) is 7.66. The van der Waals surface area contributed by atoms with Gasteiger partial charge in [0.2, 0.25) is 0 Å². The van der Waals surface area contributed by atoms with Gasteiger partial charge in [-0.15, -0.1) is 0 Å². The SMILES string of the molecule is CCn1cc(CS)nc1C. The standard InChI is InChI=1S/C7H12N2S/c1-3-9-4-7(5-10)8-6(9)2/h4,10H,3,5H2,1-2H3. The fraction of sp³-hybridized carbons (Fsp3) is 0.571. The van der Waals surface area contributed by atoms with Gasteiger partial charge in [0, 0.05) is 18.5 Å². The average molecular weight is 156 g/mol. The molecule has 1 heterocycles. The quantitative estimate of drug-likeness (QED) is 0.644. The molecule has 2 nitrogen and oxygen atoms in total. The van der Waals surface area contributed by atoms with Crippen LogP contribution in [0.2, 0.25) is 0 Å². The van der Waals surface area contributed by atoms with Gasteiger partial charge in [-0.05, 0) is 13.8 Å². The lowest BCUT2D eigenvalue weighted by Crippen LogP contribution is -1.93. The molecule has 0 saturated heterocycles. The zero-order chi connectivity index (χ0) is 7.56. The number of hydrogen-bond acceptors (Lipinski definition) is 2. The van der Waals surface area contributed by atoms with Crippen molar-refractivity contribution in [1.82, 2.24) is 9.55 Å². The fourth-order valence-electron chi connectivity index (χ4n) is 0.971. The minimum atomic E-state index is 0.730. The molecule has 0 aliphatic carbocycles. The minimum absolute atomic E-state index is 0.730. The molecular formula is C7H12N2S. The molecule has 1 rings (SSSR count). The summed E-state index contributed by atoms with van der Waals surface area (Å²) in [6.07, 6.45) is 2.04. The van der Waals surface area contributed by atoms with E-state index in [4.69, 9.17) is 0 Å². The molecular weight excluding hydrogens is 144 g/mol. The number of aromatic nitrogens is 2. The molecule has 0 aliphatic heterocycles. The summed E-state index contributed by atoms with van der Waals surface area (Å²) in [5.74, 6) is 1.81. The van der Waals surface area contributed by atoms with Crippen molar-refractivity contribution in [2.24, 2.45) is 0 Å². The Bertz CT molecular complexity index is 217. The van der Waals surface area contributed by atoms with Crippen LogP contribution in [0.3, 0.4) is 0 Å². The smallest absolute Gasteiger partial charge is 0.105 e. The third-order valence-electron chi connectivity index (χ3n) is 1.53. The van der Waals surface area contributed by atoms with Crippen molar-refractivity contribution in [3.63, 3.8) is 0 Å². The highest BCUT2D eigenvalue weighted by Crippen LogP contribution is 2.03. The zero-order valence-electron chi connectivity index (χ0n) is 6.33. The molecule has 10 heavy (non-hydrogen) atoms. The van der Waals surface area contributed by atoms with Crippen LogP contribution in [0.25, 0.3) is 0 Å². The second-order valence-corrected chi connectivity index (χ2v) is 2.54. The molecule has 56 valence electrons. The van der Waals surface area contributed by atoms with Gasteiger partial charge < -0.3 is 4.57 Å². The first-order valence-electron chi connectivity index (χ1n) is 3.41. The molecule has 0 amide bonds. The monoisotopic (exact) mass is 156 g/mol. The van der Waals surface area contributed by atoms with E-state index in [1.54, 1.807) is 0 Å². The highest BCUT2D eigenvalue weighted by molar-refractivity contribution is 7.79. The molecule has 3 heteroatoms. The number of imidazole rings is 1. The Kier molecular flexibility index (Phi) is 2.38. The number of aryl methyl sites for hydroxylation is 2. The zero-order valence-corrected chi connectivity index (χ0v) is 7.23. The molecule has 0 N–H and O–H groups in total. The molecule has 0 radical (unpaired) electrons. The Morgan fingerprint density at radius 3 is 2.70 bits per heavy atom. The lowest BCUT2D eigenvalue weighted by molar-refractivity contribution is 0.730. The van der Waals surface area contributed by atoms with Crippen LogP contribution in [0, 0.1) is 6.92 Å². The number of thiol groups is 1. The van der Waals surface area contributed by atoms with Crippen molar-refractivity contribution >= 4 is 12.6 Å². The molecule has 0 bridgehead atoms. The Balaban J connectivity index is 2.92. The van der Waals surface area contributed by atoms with Crippen LogP contribution < -0.4 is 0 Å². The van der Waals surface area contributed by atoms with Gasteiger partial charge in [0.05, 0.1) is 5.69 Å². The van der Waals surface area contributed by atoms with E-state index in [0.717, 1.165) is 23.8 Å². The summed E-state index contributed by atoms with van der Waals surface area (Å²) in [7, 11) is 0. The summed E-state index contributed by atoms with van der Waals surface area (Å²) in [5, 5.41) is 0. The summed E-state index contributed by atoms with van der Waals surface area (Å²) in [4.78, 5) is 4.29. The van der Waals surface area contributed by atoms with Crippen LogP contribution in [0.15, 0.2) is 6.20 Å². The van der Waals surface area contributed by atoms with Crippen LogP contribution in [-0.4, -0.2) is 9.55 Å². The summed E-state index contributed by atoms with van der Waals surface area (Å²) in [6, 6.07) is 0. The molecule has 1 aromatic heterocycles. The molecule has 0 fully saturated rings. The second kappa shape index (κ2) is 3.10. The third kappa shape index (κ3) is 1.34. The molecule has 0 unspecified atom stereocenters. The maximum absolute atomic E-state index is 4.29. The van der Waals surface area contributed by atoms with E-state index >= 15 is 0 Å². The Morgan fingerprint density at radius 1 is 1.70 bits per heavy atom. The van der Waals surface area contributed by atoms with Crippen molar-refractivity contribution in [2.45, 2.75) is 26.1 Å².